The van der Waals surface area contributed by atoms with Crippen LogP contribution in [0, 0.1) is 5.92 Å². The first kappa shape index (κ1) is 9.32. The molecule has 1 aliphatic heterocycles. The second kappa shape index (κ2) is 3.16. The quantitative estimate of drug-likeness (QED) is 0.655. The number of rotatable bonds is 1. The highest BCUT2D eigenvalue weighted by molar-refractivity contribution is 5.60. The summed E-state index contributed by atoms with van der Waals surface area (Å²) < 4.78 is 5.99. The van der Waals surface area contributed by atoms with Crippen LogP contribution in [0.25, 0.3) is 6.08 Å². The van der Waals surface area contributed by atoms with Crippen molar-refractivity contribution in [3.05, 3.63) is 35.9 Å². The molecule has 14 heavy (non-hydrogen) atoms. The van der Waals surface area contributed by atoms with E-state index in [0.29, 0.717) is 5.92 Å². The Morgan fingerprint density at radius 2 is 1.93 bits per heavy atom. The van der Waals surface area contributed by atoms with Gasteiger partial charge in [0.05, 0.1) is 0 Å². The number of para-hydroxylation sites is 1. The monoisotopic (exact) mass is 188 g/mol. The van der Waals surface area contributed by atoms with Crippen molar-refractivity contribution in [1.29, 1.82) is 0 Å². The fraction of sp³-hybridized carbons (Fsp3) is 0.385. The number of fused-ring (bicyclic) bond motifs is 1. The van der Waals surface area contributed by atoms with Gasteiger partial charge in [0.1, 0.15) is 11.4 Å². The molecule has 1 aliphatic rings. The normalized spacial score (nSPS) is 24.6. The fourth-order valence-electron chi connectivity index (χ4n) is 1.55. The van der Waals surface area contributed by atoms with Gasteiger partial charge in [0.2, 0.25) is 0 Å². The topological polar surface area (TPSA) is 9.23 Å². The molecule has 0 fully saturated rings. The molecular weight excluding hydrogens is 172 g/mol. The van der Waals surface area contributed by atoms with Gasteiger partial charge < -0.3 is 4.74 Å². The molecular formula is C13H16O. The molecule has 1 heteroatoms. The van der Waals surface area contributed by atoms with Crippen LogP contribution < -0.4 is 4.74 Å². The van der Waals surface area contributed by atoms with Crippen molar-refractivity contribution < 1.29 is 4.74 Å². The van der Waals surface area contributed by atoms with Crippen LogP contribution in [0.2, 0.25) is 0 Å². The van der Waals surface area contributed by atoms with Crippen LogP contribution in [0.15, 0.2) is 30.3 Å². The average Bonchev–Trinajstić information content (AvgIpc) is 2.17. The second-order valence-corrected chi connectivity index (χ2v) is 4.31. The zero-order chi connectivity index (χ0) is 10.2. The lowest BCUT2D eigenvalue weighted by Crippen LogP contribution is -2.37. The van der Waals surface area contributed by atoms with Crippen LogP contribution >= 0.6 is 0 Å². The highest BCUT2D eigenvalue weighted by atomic mass is 16.5. The zero-order valence-corrected chi connectivity index (χ0v) is 8.95. The molecule has 1 heterocycles. The van der Waals surface area contributed by atoms with Crippen LogP contribution in [0.5, 0.6) is 5.75 Å². The number of hydrogen-bond donors (Lipinski definition) is 0. The molecule has 0 bridgehead atoms. The molecule has 2 rings (SSSR count). The van der Waals surface area contributed by atoms with Crippen molar-refractivity contribution in [2.75, 3.05) is 0 Å². The third kappa shape index (κ3) is 1.43. The van der Waals surface area contributed by atoms with E-state index in [9.17, 15) is 0 Å². The van der Waals surface area contributed by atoms with Gasteiger partial charge in [0.15, 0.2) is 0 Å². The van der Waals surface area contributed by atoms with E-state index in [0.717, 1.165) is 5.75 Å². The summed E-state index contributed by atoms with van der Waals surface area (Å²) in [6, 6.07) is 8.15. The maximum absolute atomic E-state index is 5.99. The number of ether oxygens (including phenoxy) is 1. The minimum absolute atomic E-state index is 0.158. The van der Waals surface area contributed by atoms with Crippen molar-refractivity contribution in [3.8, 4) is 5.75 Å². The summed E-state index contributed by atoms with van der Waals surface area (Å²) in [6.45, 7) is 6.49. The lowest BCUT2D eigenvalue weighted by Gasteiger charge is -2.34. The lowest BCUT2D eigenvalue weighted by molar-refractivity contribution is 0.0875. The molecule has 1 atom stereocenters. The molecule has 1 nitrogen and oxygen atoms in total. The van der Waals surface area contributed by atoms with Gasteiger partial charge in [-0.3, -0.25) is 0 Å². The molecule has 0 unspecified atom stereocenters. The van der Waals surface area contributed by atoms with Crippen molar-refractivity contribution in [1.82, 2.24) is 0 Å². The summed E-state index contributed by atoms with van der Waals surface area (Å²) in [7, 11) is 0. The molecule has 0 aromatic heterocycles. The van der Waals surface area contributed by atoms with E-state index < -0.39 is 0 Å². The Kier molecular flexibility index (Phi) is 2.10. The van der Waals surface area contributed by atoms with Crippen LogP contribution in [0.1, 0.15) is 26.3 Å². The zero-order valence-electron chi connectivity index (χ0n) is 8.95. The average molecular weight is 188 g/mol. The van der Waals surface area contributed by atoms with Crippen molar-refractivity contribution in [2.24, 2.45) is 5.92 Å². The first-order valence-corrected chi connectivity index (χ1v) is 5.09. The predicted octanol–water partition coefficient (Wildman–Crippen LogP) is 3.51. The van der Waals surface area contributed by atoms with E-state index in [2.05, 4.69) is 39.0 Å². The largest absolute Gasteiger partial charge is 0.483 e. The van der Waals surface area contributed by atoms with E-state index in [1.165, 1.54) is 5.56 Å². The highest BCUT2D eigenvalue weighted by Crippen LogP contribution is 2.34. The smallest absolute Gasteiger partial charge is 0.127 e. The third-order valence-electron chi connectivity index (χ3n) is 2.99. The lowest BCUT2D eigenvalue weighted by atomic mass is 9.89. The first-order valence-electron chi connectivity index (χ1n) is 5.09. The maximum Gasteiger partial charge on any atom is 0.127 e. The summed E-state index contributed by atoms with van der Waals surface area (Å²) in [5, 5.41) is 0. The summed E-state index contributed by atoms with van der Waals surface area (Å²) in [6.07, 6.45) is 4.30. The Morgan fingerprint density at radius 1 is 1.21 bits per heavy atom. The third-order valence-corrected chi connectivity index (χ3v) is 2.99. The van der Waals surface area contributed by atoms with Crippen LogP contribution in [0.4, 0.5) is 0 Å². The Morgan fingerprint density at radius 3 is 2.64 bits per heavy atom. The molecule has 0 aliphatic carbocycles. The van der Waals surface area contributed by atoms with Gasteiger partial charge in [0, 0.05) is 5.56 Å². The molecule has 0 saturated heterocycles. The molecule has 0 saturated carbocycles. The van der Waals surface area contributed by atoms with Crippen molar-refractivity contribution in [2.45, 2.75) is 26.4 Å². The molecule has 0 amide bonds. The van der Waals surface area contributed by atoms with Gasteiger partial charge in [-0.1, -0.05) is 38.1 Å². The van der Waals surface area contributed by atoms with Crippen molar-refractivity contribution >= 4 is 6.08 Å². The van der Waals surface area contributed by atoms with E-state index in [4.69, 9.17) is 4.74 Å². The molecule has 74 valence electrons. The Hall–Kier alpha value is -1.24. The minimum Gasteiger partial charge on any atom is -0.483 e. The Bertz CT molecular complexity index is 365. The van der Waals surface area contributed by atoms with Gasteiger partial charge in [-0.2, -0.15) is 0 Å². The van der Waals surface area contributed by atoms with Gasteiger partial charge >= 0.3 is 0 Å². The Balaban J connectivity index is 2.38. The molecule has 0 radical (unpaired) electrons. The van der Waals surface area contributed by atoms with E-state index in [-0.39, 0.29) is 5.60 Å². The van der Waals surface area contributed by atoms with E-state index >= 15 is 0 Å². The van der Waals surface area contributed by atoms with Gasteiger partial charge in [-0.15, -0.1) is 0 Å². The highest BCUT2D eigenvalue weighted by Gasteiger charge is 2.30. The van der Waals surface area contributed by atoms with Gasteiger partial charge in [-0.05, 0) is 25.0 Å². The summed E-state index contributed by atoms with van der Waals surface area (Å²) in [5.74, 6) is 1.47. The van der Waals surface area contributed by atoms with Crippen LogP contribution in [0.3, 0.4) is 0 Å². The maximum atomic E-state index is 5.99. The molecule has 0 spiro atoms. The van der Waals surface area contributed by atoms with Crippen LogP contribution in [-0.2, 0) is 0 Å². The second-order valence-electron chi connectivity index (χ2n) is 4.31. The predicted molar refractivity (Wildman–Crippen MR) is 59.3 cm³/mol. The molecule has 1 aromatic rings. The molecule has 1 aromatic carbocycles. The standard InChI is InChI=1S/C13H16O/c1-10(2)13(3)9-8-11-6-4-5-7-12(11)14-13/h4-10H,1-3H3/t13-/m0/s1. The minimum atomic E-state index is -0.158. The number of benzene rings is 1. The van der Waals surface area contributed by atoms with Gasteiger partial charge in [0.25, 0.3) is 0 Å². The number of hydrogen-bond acceptors (Lipinski definition) is 1. The van der Waals surface area contributed by atoms with Gasteiger partial charge in [-0.25, -0.2) is 0 Å². The van der Waals surface area contributed by atoms with E-state index in [1.807, 2.05) is 18.2 Å². The van der Waals surface area contributed by atoms with Crippen LogP contribution in [-0.4, -0.2) is 5.60 Å². The first-order chi connectivity index (χ1) is 6.62. The van der Waals surface area contributed by atoms with E-state index in [1.54, 1.807) is 0 Å². The Labute approximate surface area is 85.4 Å². The van der Waals surface area contributed by atoms with Crippen molar-refractivity contribution in [3.63, 3.8) is 0 Å². The summed E-state index contributed by atoms with van der Waals surface area (Å²) >= 11 is 0. The molecule has 0 N–H and O–H groups in total. The summed E-state index contributed by atoms with van der Waals surface area (Å²) in [5.41, 5.74) is 1.01. The SMILES string of the molecule is CC(C)[C@]1(C)C=Cc2ccccc2O1. The summed E-state index contributed by atoms with van der Waals surface area (Å²) in [4.78, 5) is 0. The fourth-order valence-corrected chi connectivity index (χ4v) is 1.55.